The lowest BCUT2D eigenvalue weighted by Crippen LogP contribution is -2.56. The third-order valence-electron chi connectivity index (χ3n) is 6.15. The highest BCUT2D eigenvalue weighted by Crippen LogP contribution is 2.32. The Balaban J connectivity index is 2.39. The number of nitrogens with one attached hydrogen (secondary N) is 1. The van der Waals surface area contributed by atoms with Crippen molar-refractivity contribution in [2.75, 3.05) is 0 Å². The lowest BCUT2D eigenvalue weighted by molar-refractivity contribution is -0.161. The Labute approximate surface area is 187 Å². The van der Waals surface area contributed by atoms with Gasteiger partial charge >= 0.3 is 5.97 Å². The number of benzene rings is 1. The zero-order valence-corrected chi connectivity index (χ0v) is 20.1. The van der Waals surface area contributed by atoms with Crippen molar-refractivity contribution in [2.45, 2.75) is 104 Å². The molecule has 0 aromatic heterocycles. The molecule has 2 rings (SSSR count). The van der Waals surface area contributed by atoms with Gasteiger partial charge in [-0.3, -0.25) is 14.5 Å². The van der Waals surface area contributed by atoms with E-state index in [0.29, 0.717) is 18.9 Å². The van der Waals surface area contributed by atoms with Crippen molar-refractivity contribution < 1.29 is 14.3 Å². The Morgan fingerprint density at radius 3 is 2.32 bits per heavy atom. The Morgan fingerprint density at radius 1 is 1.19 bits per heavy atom. The number of likely N-dealkylation sites (tertiary alicyclic amines) is 1. The Bertz CT molecular complexity index is 712. The molecule has 0 unspecified atom stereocenters. The quantitative estimate of drug-likeness (QED) is 0.583. The Hall–Kier alpha value is -1.92. The molecule has 1 saturated heterocycles. The lowest BCUT2D eigenvalue weighted by atomic mass is 9.88. The average Bonchev–Trinajstić information content (AvgIpc) is 3.00. The van der Waals surface area contributed by atoms with Gasteiger partial charge in [-0.15, -0.1) is 0 Å². The Kier molecular flexibility index (Phi) is 9.07. The van der Waals surface area contributed by atoms with E-state index in [1.54, 1.807) is 6.92 Å². The molecular weight excluding hydrogens is 390 g/mol. The molecule has 0 radical (unpaired) electrons. The second kappa shape index (κ2) is 11.1. The summed E-state index contributed by atoms with van der Waals surface area (Å²) >= 11 is 0. The van der Waals surface area contributed by atoms with Crippen LogP contribution in [0, 0.1) is 5.92 Å². The number of carbonyl (C=O) groups excluding carboxylic acids is 2. The van der Waals surface area contributed by atoms with Crippen LogP contribution in [0.3, 0.4) is 0 Å². The minimum absolute atomic E-state index is 0.0662. The first-order valence-electron chi connectivity index (χ1n) is 11.6. The number of amides is 1. The summed E-state index contributed by atoms with van der Waals surface area (Å²) in [5.74, 6) is 0.178. The molecule has 0 bridgehead atoms. The molecule has 31 heavy (non-hydrogen) atoms. The third kappa shape index (κ3) is 7.32. The first-order valence-corrected chi connectivity index (χ1v) is 11.6. The molecule has 174 valence electrons. The van der Waals surface area contributed by atoms with E-state index >= 15 is 0 Å². The van der Waals surface area contributed by atoms with Crippen molar-refractivity contribution in [3.63, 3.8) is 0 Å². The number of rotatable bonds is 9. The van der Waals surface area contributed by atoms with Gasteiger partial charge < -0.3 is 15.8 Å². The molecule has 0 aliphatic carbocycles. The van der Waals surface area contributed by atoms with E-state index in [2.05, 4.69) is 36.2 Å². The molecule has 0 spiro atoms. The van der Waals surface area contributed by atoms with Gasteiger partial charge in [-0.05, 0) is 45.1 Å². The summed E-state index contributed by atoms with van der Waals surface area (Å²) in [7, 11) is 0. The summed E-state index contributed by atoms with van der Waals surface area (Å²) in [6.45, 7) is 12.1. The summed E-state index contributed by atoms with van der Waals surface area (Å²) < 4.78 is 5.75. The van der Waals surface area contributed by atoms with Crippen molar-refractivity contribution in [3.8, 4) is 0 Å². The maximum atomic E-state index is 13.1. The zero-order valence-electron chi connectivity index (χ0n) is 20.1. The molecule has 1 aliphatic heterocycles. The minimum atomic E-state index is -0.565. The zero-order chi connectivity index (χ0) is 23.2. The van der Waals surface area contributed by atoms with Crippen molar-refractivity contribution in [1.82, 2.24) is 10.2 Å². The van der Waals surface area contributed by atoms with Crippen LogP contribution in [-0.2, 0) is 20.9 Å². The number of carbonyl (C=O) groups is 2. The van der Waals surface area contributed by atoms with Gasteiger partial charge in [0.2, 0.25) is 5.91 Å². The number of ether oxygens (including phenoxy) is 1. The van der Waals surface area contributed by atoms with Gasteiger partial charge in [0.05, 0.1) is 0 Å². The minimum Gasteiger partial charge on any atom is -0.459 e. The molecule has 1 aliphatic rings. The smallest absolute Gasteiger partial charge is 0.323 e. The van der Waals surface area contributed by atoms with Crippen LogP contribution >= 0.6 is 0 Å². The van der Waals surface area contributed by atoms with Crippen LogP contribution < -0.4 is 11.1 Å². The van der Waals surface area contributed by atoms with E-state index in [1.807, 2.05) is 39.0 Å². The molecule has 3 N–H and O–H groups in total. The summed E-state index contributed by atoms with van der Waals surface area (Å²) in [6.07, 6.45) is 3.45. The number of hydrogen-bond acceptors (Lipinski definition) is 5. The molecule has 1 aromatic carbocycles. The van der Waals surface area contributed by atoms with Gasteiger partial charge in [0.15, 0.2) is 0 Å². The van der Waals surface area contributed by atoms with Crippen molar-refractivity contribution in [1.29, 1.82) is 0 Å². The van der Waals surface area contributed by atoms with E-state index in [1.165, 1.54) is 0 Å². The fourth-order valence-electron chi connectivity index (χ4n) is 4.65. The maximum absolute atomic E-state index is 13.1. The predicted molar refractivity (Wildman–Crippen MR) is 124 cm³/mol. The predicted octanol–water partition coefficient (Wildman–Crippen LogP) is 3.63. The topological polar surface area (TPSA) is 84.7 Å². The summed E-state index contributed by atoms with van der Waals surface area (Å²) in [5, 5.41) is 3.16. The van der Waals surface area contributed by atoms with Crippen LogP contribution in [0.15, 0.2) is 30.3 Å². The number of esters is 1. The number of nitrogens with zero attached hydrogens (tertiary/aromatic N) is 1. The van der Waals surface area contributed by atoms with E-state index in [4.69, 9.17) is 10.5 Å². The lowest BCUT2D eigenvalue weighted by Gasteiger charge is -2.37. The first kappa shape index (κ1) is 25.3. The fraction of sp³-hybridized carbons (Fsp3) is 0.680. The summed E-state index contributed by atoms with van der Waals surface area (Å²) in [6, 6.07) is 9.18. The Morgan fingerprint density at radius 2 is 1.81 bits per heavy atom. The monoisotopic (exact) mass is 431 g/mol. The molecular formula is C25H41N3O3. The summed E-state index contributed by atoms with van der Waals surface area (Å²) in [5.41, 5.74) is 7.19. The van der Waals surface area contributed by atoms with E-state index in [0.717, 1.165) is 24.8 Å². The second-order valence-corrected chi connectivity index (χ2v) is 9.82. The van der Waals surface area contributed by atoms with Crippen LogP contribution in [-0.4, -0.2) is 46.5 Å². The molecule has 1 fully saturated rings. The fourth-order valence-corrected chi connectivity index (χ4v) is 4.65. The standard InChI is InChI=1S/C25H41N3O3/c1-7-18(8-2)14-21(27-17(3)29)23-20(26)15-22(24(30)31-25(4,5)6)28(23)16-19-12-10-9-11-13-19/h9-13,18,20-23H,7-8,14-16,26H2,1-6H3,(H,27,29)/t20-,21+,22-,23+/m1/s1. The first-order chi connectivity index (χ1) is 14.6. The van der Waals surface area contributed by atoms with Gasteiger partial charge in [-0.25, -0.2) is 0 Å². The van der Waals surface area contributed by atoms with Crippen LogP contribution in [0.1, 0.15) is 72.8 Å². The molecule has 6 heteroatoms. The van der Waals surface area contributed by atoms with Crippen molar-refractivity contribution >= 4 is 11.9 Å². The van der Waals surface area contributed by atoms with Crippen LogP contribution in [0.25, 0.3) is 0 Å². The van der Waals surface area contributed by atoms with Gasteiger partial charge in [0.25, 0.3) is 0 Å². The molecule has 0 saturated carbocycles. The highest BCUT2D eigenvalue weighted by molar-refractivity contribution is 5.77. The number of hydrogen-bond donors (Lipinski definition) is 2. The maximum Gasteiger partial charge on any atom is 0.323 e. The highest BCUT2D eigenvalue weighted by atomic mass is 16.6. The molecule has 1 heterocycles. The largest absolute Gasteiger partial charge is 0.459 e. The van der Waals surface area contributed by atoms with Gasteiger partial charge in [-0.2, -0.15) is 0 Å². The molecule has 6 nitrogen and oxygen atoms in total. The van der Waals surface area contributed by atoms with Crippen molar-refractivity contribution in [3.05, 3.63) is 35.9 Å². The van der Waals surface area contributed by atoms with Crippen molar-refractivity contribution in [2.24, 2.45) is 11.7 Å². The van der Waals surface area contributed by atoms with E-state index < -0.39 is 11.6 Å². The van der Waals surface area contributed by atoms with Gasteiger partial charge in [0.1, 0.15) is 11.6 Å². The highest BCUT2D eigenvalue weighted by Gasteiger charge is 2.48. The van der Waals surface area contributed by atoms with Crippen LogP contribution in [0.4, 0.5) is 0 Å². The molecule has 1 aromatic rings. The number of nitrogens with two attached hydrogens (primary N) is 1. The van der Waals surface area contributed by atoms with Gasteiger partial charge in [-0.1, -0.05) is 57.0 Å². The van der Waals surface area contributed by atoms with E-state index in [9.17, 15) is 9.59 Å². The average molecular weight is 432 g/mol. The molecule has 1 amide bonds. The van der Waals surface area contributed by atoms with Gasteiger partial charge in [0, 0.05) is 31.6 Å². The third-order valence-corrected chi connectivity index (χ3v) is 6.15. The van der Waals surface area contributed by atoms with E-state index in [-0.39, 0.29) is 30.0 Å². The van der Waals surface area contributed by atoms with Crippen LogP contribution in [0.2, 0.25) is 0 Å². The summed E-state index contributed by atoms with van der Waals surface area (Å²) in [4.78, 5) is 27.4. The normalized spacial score (nSPS) is 23.0. The second-order valence-electron chi connectivity index (χ2n) is 9.82. The molecule has 4 atom stereocenters. The van der Waals surface area contributed by atoms with Crippen LogP contribution in [0.5, 0.6) is 0 Å². The SMILES string of the molecule is CCC(CC)C[C@H](NC(C)=O)[C@@H]1[C@H](N)C[C@H](C(=O)OC(C)(C)C)N1Cc1ccccc1.